The molecule has 0 amide bonds. The third-order valence-electron chi connectivity index (χ3n) is 2.88. The Kier molecular flexibility index (Phi) is 4.87. The van der Waals surface area contributed by atoms with Crippen molar-refractivity contribution in [3.05, 3.63) is 17.6 Å². The Balaban J connectivity index is 2.63. The molecule has 0 radical (unpaired) electrons. The van der Waals surface area contributed by atoms with E-state index in [1.165, 1.54) is 6.42 Å². The summed E-state index contributed by atoms with van der Waals surface area (Å²) in [6.45, 7) is 9.41. The lowest BCUT2D eigenvalue weighted by atomic mass is 10.0. The third-order valence-corrected chi connectivity index (χ3v) is 2.88. The van der Waals surface area contributed by atoms with Crippen LogP contribution >= 0.6 is 0 Å². The lowest BCUT2D eigenvalue weighted by molar-refractivity contribution is 0.216. The van der Waals surface area contributed by atoms with Crippen LogP contribution in [0.5, 0.6) is 0 Å². The van der Waals surface area contributed by atoms with Crippen molar-refractivity contribution >= 4 is 5.82 Å². The van der Waals surface area contributed by atoms with Crippen LogP contribution in [0, 0.1) is 12.8 Å². The van der Waals surface area contributed by atoms with Crippen molar-refractivity contribution in [3.8, 4) is 0 Å². The predicted molar refractivity (Wildman–Crippen MR) is 71.6 cm³/mol. The zero-order valence-electron chi connectivity index (χ0n) is 11.6. The monoisotopic (exact) mass is 236 g/mol. The van der Waals surface area contributed by atoms with Crippen LogP contribution < -0.4 is 5.73 Å². The van der Waals surface area contributed by atoms with Crippen LogP contribution in [0.2, 0.25) is 0 Å². The quantitative estimate of drug-likeness (QED) is 0.852. The molecule has 0 aliphatic carbocycles. The molecule has 1 unspecified atom stereocenters. The van der Waals surface area contributed by atoms with Crippen LogP contribution in [-0.2, 0) is 6.54 Å². The number of aromatic nitrogens is 2. The summed E-state index contributed by atoms with van der Waals surface area (Å²) in [4.78, 5) is 10.9. The summed E-state index contributed by atoms with van der Waals surface area (Å²) in [6.07, 6.45) is 1.18. The van der Waals surface area contributed by atoms with Crippen molar-refractivity contribution in [2.45, 2.75) is 46.7 Å². The van der Waals surface area contributed by atoms with Gasteiger partial charge in [-0.2, -0.15) is 0 Å². The van der Waals surface area contributed by atoms with E-state index in [-0.39, 0.29) is 0 Å². The van der Waals surface area contributed by atoms with Crippen LogP contribution in [0.15, 0.2) is 6.07 Å². The fourth-order valence-corrected chi connectivity index (χ4v) is 1.97. The van der Waals surface area contributed by atoms with Crippen molar-refractivity contribution < 1.29 is 0 Å². The first-order valence-corrected chi connectivity index (χ1v) is 6.18. The van der Waals surface area contributed by atoms with Gasteiger partial charge in [-0.15, -0.1) is 0 Å². The van der Waals surface area contributed by atoms with E-state index in [9.17, 15) is 0 Å². The first kappa shape index (κ1) is 13.9. The average Bonchev–Trinajstić information content (AvgIpc) is 2.14. The molecule has 4 heteroatoms. The number of anilines is 1. The molecule has 0 fully saturated rings. The summed E-state index contributed by atoms with van der Waals surface area (Å²) in [5, 5.41) is 0. The Morgan fingerprint density at radius 2 is 1.94 bits per heavy atom. The highest BCUT2D eigenvalue weighted by Gasteiger charge is 2.13. The molecule has 1 aromatic rings. The molecule has 0 saturated heterocycles. The summed E-state index contributed by atoms with van der Waals surface area (Å²) >= 11 is 0. The number of aryl methyl sites for hydroxylation is 1. The zero-order chi connectivity index (χ0) is 13.0. The van der Waals surface area contributed by atoms with Crippen LogP contribution in [0.4, 0.5) is 5.82 Å². The van der Waals surface area contributed by atoms with Crippen LogP contribution in [0.1, 0.15) is 38.7 Å². The number of hydrogen-bond acceptors (Lipinski definition) is 4. The first-order chi connectivity index (χ1) is 7.88. The molecule has 96 valence electrons. The van der Waals surface area contributed by atoms with Crippen molar-refractivity contribution in [1.82, 2.24) is 14.9 Å². The van der Waals surface area contributed by atoms with E-state index >= 15 is 0 Å². The maximum Gasteiger partial charge on any atom is 0.144 e. The minimum Gasteiger partial charge on any atom is -0.384 e. The van der Waals surface area contributed by atoms with Gasteiger partial charge in [-0.05, 0) is 33.2 Å². The Morgan fingerprint density at radius 3 is 2.47 bits per heavy atom. The van der Waals surface area contributed by atoms with Gasteiger partial charge in [0.1, 0.15) is 11.6 Å². The van der Waals surface area contributed by atoms with Gasteiger partial charge in [-0.25, -0.2) is 9.97 Å². The average molecular weight is 236 g/mol. The largest absolute Gasteiger partial charge is 0.384 e. The molecule has 2 N–H and O–H groups in total. The molecule has 1 rings (SSSR count). The lowest BCUT2D eigenvalue weighted by Crippen LogP contribution is -2.30. The van der Waals surface area contributed by atoms with Gasteiger partial charge in [0.25, 0.3) is 0 Å². The van der Waals surface area contributed by atoms with Gasteiger partial charge in [0.05, 0.1) is 6.54 Å². The van der Waals surface area contributed by atoms with E-state index in [4.69, 9.17) is 5.73 Å². The fourth-order valence-electron chi connectivity index (χ4n) is 1.97. The predicted octanol–water partition coefficient (Wildman–Crippen LogP) is 2.23. The molecular formula is C13H24N4. The normalized spacial score (nSPS) is 13.4. The number of nitrogen functional groups attached to an aromatic ring is 1. The summed E-state index contributed by atoms with van der Waals surface area (Å²) in [5.41, 5.74) is 6.65. The Bertz CT molecular complexity index is 342. The molecule has 0 bridgehead atoms. The molecule has 0 aromatic carbocycles. The number of rotatable bonds is 5. The number of nitrogens with zero attached hydrogens (tertiary/aromatic N) is 3. The van der Waals surface area contributed by atoms with E-state index in [0.717, 1.165) is 18.1 Å². The smallest absolute Gasteiger partial charge is 0.144 e. The first-order valence-electron chi connectivity index (χ1n) is 6.18. The van der Waals surface area contributed by atoms with Gasteiger partial charge in [0, 0.05) is 17.8 Å². The van der Waals surface area contributed by atoms with Gasteiger partial charge < -0.3 is 5.73 Å². The zero-order valence-corrected chi connectivity index (χ0v) is 11.6. The van der Waals surface area contributed by atoms with Crippen molar-refractivity contribution in [3.63, 3.8) is 0 Å². The molecule has 0 saturated carbocycles. The van der Waals surface area contributed by atoms with Crippen LogP contribution in [0.25, 0.3) is 0 Å². The van der Waals surface area contributed by atoms with E-state index in [1.54, 1.807) is 6.07 Å². The summed E-state index contributed by atoms with van der Waals surface area (Å²) < 4.78 is 0. The van der Waals surface area contributed by atoms with E-state index in [2.05, 4.69) is 42.7 Å². The van der Waals surface area contributed by atoms with Crippen LogP contribution in [-0.4, -0.2) is 28.0 Å². The standard InChI is InChI=1S/C13H24N4/c1-9(2)6-11(4)17(5)8-13-15-10(3)7-12(14)16-13/h7,9,11H,6,8H2,1-5H3,(H2,14,15,16). The topological polar surface area (TPSA) is 55.0 Å². The number of hydrogen-bond donors (Lipinski definition) is 1. The number of nitrogens with two attached hydrogens (primary N) is 1. The molecule has 0 aliphatic rings. The van der Waals surface area contributed by atoms with Gasteiger partial charge >= 0.3 is 0 Å². The van der Waals surface area contributed by atoms with Gasteiger partial charge in [0.15, 0.2) is 0 Å². The second-order valence-corrected chi connectivity index (χ2v) is 5.24. The Labute approximate surface area is 104 Å². The summed E-state index contributed by atoms with van der Waals surface area (Å²) in [5.74, 6) is 2.06. The van der Waals surface area contributed by atoms with Gasteiger partial charge in [0.2, 0.25) is 0 Å². The summed E-state index contributed by atoms with van der Waals surface area (Å²) in [7, 11) is 2.11. The molecule has 1 atom stereocenters. The highest BCUT2D eigenvalue weighted by Crippen LogP contribution is 2.12. The lowest BCUT2D eigenvalue weighted by Gasteiger charge is -2.25. The third kappa shape index (κ3) is 4.69. The van der Waals surface area contributed by atoms with Crippen molar-refractivity contribution in [2.75, 3.05) is 12.8 Å². The van der Waals surface area contributed by atoms with Crippen LogP contribution in [0.3, 0.4) is 0 Å². The highest BCUT2D eigenvalue weighted by atomic mass is 15.1. The van der Waals surface area contributed by atoms with Crippen molar-refractivity contribution in [1.29, 1.82) is 0 Å². The fraction of sp³-hybridized carbons (Fsp3) is 0.692. The van der Waals surface area contributed by atoms with E-state index < -0.39 is 0 Å². The second-order valence-electron chi connectivity index (χ2n) is 5.24. The summed E-state index contributed by atoms with van der Waals surface area (Å²) in [6, 6.07) is 2.32. The maximum atomic E-state index is 5.72. The second kappa shape index (κ2) is 5.96. The molecule has 1 aromatic heterocycles. The van der Waals surface area contributed by atoms with E-state index in [1.807, 2.05) is 6.92 Å². The van der Waals surface area contributed by atoms with Gasteiger partial charge in [-0.3, -0.25) is 4.90 Å². The minimum absolute atomic E-state index is 0.528. The molecule has 4 nitrogen and oxygen atoms in total. The Hall–Kier alpha value is -1.16. The van der Waals surface area contributed by atoms with E-state index in [0.29, 0.717) is 17.8 Å². The van der Waals surface area contributed by atoms with Crippen molar-refractivity contribution in [2.24, 2.45) is 5.92 Å². The molecule has 17 heavy (non-hydrogen) atoms. The molecule has 0 spiro atoms. The highest BCUT2D eigenvalue weighted by molar-refractivity contribution is 5.29. The maximum absolute atomic E-state index is 5.72. The minimum atomic E-state index is 0.528. The molecular weight excluding hydrogens is 212 g/mol. The molecule has 0 aliphatic heterocycles. The Morgan fingerprint density at radius 1 is 1.29 bits per heavy atom. The van der Waals surface area contributed by atoms with Gasteiger partial charge in [-0.1, -0.05) is 13.8 Å². The molecule has 1 heterocycles. The SMILES string of the molecule is Cc1cc(N)nc(CN(C)C(C)CC(C)C)n1.